The minimum atomic E-state index is -0.503. The summed E-state index contributed by atoms with van der Waals surface area (Å²) in [4.78, 5) is 3.34. The molecule has 118 valence electrons. The Balaban J connectivity index is 2.32. The Morgan fingerprint density at radius 2 is 1.45 bits per heavy atom. The van der Waals surface area contributed by atoms with E-state index in [9.17, 15) is 0 Å². The molecule has 2 aromatic carbocycles. The molecule has 22 heavy (non-hydrogen) atoms. The van der Waals surface area contributed by atoms with Crippen molar-refractivity contribution in [3.8, 4) is 5.75 Å². The third-order valence-electron chi connectivity index (χ3n) is 2.91. The molecule has 0 bridgehead atoms. The van der Waals surface area contributed by atoms with Crippen molar-refractivity contribution in [1.82, 2.24) is 4.90 Å². The Hall–Kier alpha value is -1.10. The number of hydrogen-bond donors (Lipinski definition) is 0. The van der Waals surface area contributed by atoms with Gasteiger partial charge in [-0.1, -0.05) is 73.8 Å². The molecule has 0 spiro atoms. The van der Waals surface area contributed by atoms with Crippen molar-refractivity contribution in [1.29, 1.82) is 0 Å². The van der Waals surface area contributed by atoms with Crippen LogP contribution in [-0.4, -0.2) is 28.6 Å². The van der Waals surface area contributed by atoms with Gasteiger partial charge in [-0.3, -0.25) is 4.90 Å². The predicted octanol–water partition coefficient (Wildman–Crippen LogP) is 5.17. The molecule has 0 saturated carbocycles. The molecular weight excluding hydrogens is 310 g/mol. The monoisotopic (exact) mass is 333 g/mol. The fraction of sp³-hybridized carbons (Fsp3) is 0.333. The van der Waals surface area contributed by atoms with E-state index in [0.29, 0.717) is 5.25 Å². The van der Waals surface area contributed by atoms with Crippen molar-refractivity contribution in [3.05, 3.63) is 60.7 Å². The first kappa shape index (κ1) is 17.3. The standard InChI is InChI=1S/C18H23NOS2/c1-15(2)21-18(19(3)4,20-16-11-7-5-8-12-16)22-17-13-9-6-10-14-17/h5-15H,1-4H3. The van der Waals surface area contributed by atoms with Crippen molar-refractivity contribution < 1.29 is 4.74 Å². The summed E-state index contributed by atoms with van der Waals surface area (Å²) in [5.41, 5.74) is 0. The number of nitrogens with zero attached hydrogens (tertiary/aromatic N) is 1. The lowest BCUT2D eigenvalue weighted by molar-refractivity contribution is 0.112. The van der Waals surface area contributed by atoms with Crippen molar-refractivity contribution in [2.75, 3.05) is 14.1 Å². The maximum atomic E-state index is 6.43. The molecule has 0 aliphatic carbocycles. The van der Waals surface area contributed by atoms with Crippen LogP contribution >= 0.6 is 23.5 Å². The molecule has 0 aliphatic heterocycles. The minimum Gasteiger partial charge on any atom is -0.453 e. The van der Waals surface area contributed by atoms with Gasteiger partial charge >= 0.3 is 0 Å². The van der Waals surface area contributed by atoms with Crippen molar-refractivity contribution in [3.63, 3.8) is 0 Å². The first-order valence-electron chi connectivity index (χ1n) is 7.35. The third kappa shape index (κ3) is 4.70. The van der Waals surface area contributed by atoms with Gasteiger partial charge in [-0.15, -0.1) is 0 Å². The van der Waals surface area contributed by atoms with Crippen molar-refractivity contribution in [2.45, 2.75) is 28.4 Å². The van der Waals surface area contributed by atoms with Crippen LogP contribution in [0.5, 0.6) is 5.75 Å². The number of para-hydroxylation sites is 1. The Morgan fingerprint density at radius 1 is 0.909 bits per heavy atom. The molecule has 0 N–H and O–H groups in total. The largest absolute Gasteiger partial charge is 0.453 e. The highest BCUT2D eigenvalue weighted by Crippen LogP contribution is 2.46. The van der Waals surface area contributed by atoms with Gasteiger partial charge in [0.2, 0.25) is 0 Å². The molecule has 0 amide bonds. The Labute approximate surface area is 142 Å². The fourth-order valence-corrected chi connectivity index (χ4v) is 4.85. The molecule has 0 aromatic heterocycles. The van der Waals surface area contributed by atoms with Crippen LogP contribution < -0.4 is 4.74 Å². The zero-order valence-electron chi connectivity index (χ0n) is 13.5. The van der Waals surface area contributed by atoms with E-state index in [1.807, 2.05) is 48.2 Å². The fourth-order valence-electron chi connectivity index (χ4n) is 1.93. The highest BCUT2D eigenvalue weighted by molar-refractivity contribution is 8.18. The summed E-state index contributed by atoms with van der Waals surface area (Å²) in [6, 6.07) is 20.4. The maximum Gasteiger partial charge on any atom is 0.264 e. The van der Waals surface area contributed by atoms with Gasteiger partial charge < -0.3 is 4.74 Å². The van der Waals surface area contributed by atoms with Gasteiger partial charge in [0.25, 0.3) is 4.39 Å². The average molecular weight is 334 g/mol. The maximum absolute atomic E-state index is 6.43. The second kappa shape index (κ2) is 7.95. The number of rotatable bonds is 7. The van der Waals surface area contributed by atoms with Crippen molar-refractivity contribution in [2.24, 2.45) is 0 Å². The van der Waals surface area contributed by atoms with Gasteiger partial charge in [0, 0.05) is 10.1 Å². The van der Waals surface area contributed by atoms with Crippen LogP contribution in [0.2, 0.25) is 0 Å². The molecule has 1 atom stereocenters. The minimum absolute atomic E-state index is 0.447. The summed E-state index contributed by atoms with van der Waals surface area (Å²) in [7, 11) is 4.13. The van der Waals surface area contributed by atoms with E-state index in [1.165, 1.54) is 4.90 Å². The average Bonchev–Trinajstić information content (AvgIpc) is 2.48. The van der Waals surface area contributed by atoms with E-state index in [1.54, 1.807) is 11.8 Å². The van der Waals surface area contributed by atoms with E-state index in [2.05, 4.69) is 57.1 Å². The van der Waals surface area contributed by atoms with Gasteiger partial charge in [0.05, 0.1) is 0 Å². The lowest BCUT2D eigenvalue weighted by Gasteiger charge is -2.39. The van der Waals surface area contributed by atoms with E-state index in [0.717, 1.165) is 5.75 Å². The van der Waals surface area contributed by atoms with Crippen molar-refractivity contribution >= 4 is 23.5 Å². The molecule has 0 fully saturated rings. The highest BCUT2D eigenvalue weighted by Gasteiger charge is 2.38. The molecule has 0 saturated heterocycles. The van der Waals surface area contributed by atoms with Crippen LogP contribution in [0, 0.1) is 0 Å². The summed E-state index contributed by atoms with van der Waals surface area (Å²) >= 11 is 3.55. The molecule has 4 heteroatoms. The molecule has 2 nitrogen and oxygen atoms in total. The van der Waals surface area contributed by atoms with Gasteiger partial charge in [0.15, 0.2) is 0 Å². The topological polar surface area (TPSA) is 12.5 Å². The number of thioether (sulfide) groups is 2. The second-order valence-electron chi connectivity index (χ2n) is 5.42. The van der Waals surface area contributed by atoms with Crippen LogP contribution in [0.1, 0.15) is 13.8 Å². The van der Waals surface area contributed by atoms with Crippen LogP contribution in [0.25, 0.3) is 0 Å². The lowest BCUT2D eigenvalue weighted by Crippen LogP contribution is -2.44. The number of hydrogen-bond acceptors (Lipinski definition) is 4. The number of ether oxygens (including phenoxy) is 1. The first-order chi connectivity index (χ1) is 10.5. The van der Waals surface area contributed by atoms with Gasteiger partial charge in [-0.25, -0.2) is 0 Å². The normalized spacial score (nSPS) is 14.1. The lowest BCUT2D eigenvalue weighted by atomic mass is 10.3. The van der Waals surface area contributed by atoms with Crippen LogP contribution in [0.3, 0.4) is 0 Å². The molecular formula is C18H23NOS2. The van der Waals surface area contributed by atoms with Crippen LogP contribution in [0.15, 0.2) is 65.6 Å². The Kier molecular flexibility index (Phi) is 6.24. The molecule has 2 rings (SSSR count). The first-order valence-corrected chi connectivity index (χ1v) is 9.05. The number of benzene rings is 2. The van der Waals surface area contributed by atoms with Gasteiger partial charge in [-0.2, -0.15) is 0 Å². The summed E-state index contributed by atoms with van der Waals surface area (Å²) < 4.78 is 5.93. The molecule has 0 radical (unpaired) electrons. The van der Waals surface area contributed by atoms with Crippen LogP contribution in [0.4, 0.5) is 0 Å². The van der Waals surface area contributed by atoms with E-state index < -0.39 is 4.39 Å². The van der Waals surface area contributed by atoms with Gasteiger partial charge in [-0.05, 0) is 38.4 Å². The summed E-state index contributed by atoms with van der Waals surface area (Å²) in [5.74, 6) is 0.882. The van der Waals surface area contributed by atoms with Gasteiger partial charge in [0.1, 0.15) is 5.75 Å². The Bertz CT molecular complexity index is 516. The zero-order chi connectivity index (χ0) is 16.0. The van der Waals surface area contributed by atoms with E-state index in [-0.39, 0.29) is 0 Å². The smallest absolute Gasteiger partial charge is 0.264 e. The third-order valence-corrected chi connectivity index (χ3v) is 5.88. The molecule has 1 unspecified atom stereocenters. The zero-order valence-corrected chi connectivity index (χ0v) is 15.2. The van der Waals surface area contributed by atoms with E-state index in [4.69, 9.17) is 4.74 Å². The molecule has 2 aromatic rings. The van der Waals surface area contributed by atoms with E-state index >= 15 is 0 Å². The quantitative estimate of drug-likeness (QED) is 0.511. The molecule has 0 aliphatic rings. The summed E-state index contributed by atoms with van der Waals surface area (Å²) in [6.07, 6.45) is 0. The molecule has 0 heterocycles. The predicted molar refractivity (Wildman–Crippen MR) is 98.5 cm³/mol. The summed E-state index contributed by atoms with van der Waals surface area (Å²) in [5, 5.41) is 0.447. The second-order valence-corrected chi connectivity index (χ2v) is 8.63. The summed E-state index contributed by atoms with van der Waals surface area (Å²) in [6.45, 7) is 4.39. The SMILES string of the molecule is CC(C)SC(Oc1ccccc1)(Sc1ccccc1)N(C)C. The highest BCUT2D eigenvalue weighted by atomic mass is 32.2. The Morgan fingerprint density at radius 3 is 1.95 bits per heavy atom. The van der Waals surface area contributed by atoms with Crippen LogP contribution in [-0.2, 0) is 0 Å².